The summed E-state index contributed by atoms with van der Waals surface area (Å²) in [4.78, 5) is 23.3. The van der Waals surface area contributed by atoms with Gasteiger partial charge in [0, 0.05) is 6.42 Å². The second-order valence-corrected chi connectivity index (χ2v) is 4.50. The molecule has 2 aliphatic rings. The number of esters is 1. The molecule has 1 saturated heterocycles. The molecule has 2 rings (SSSR count). The van der Waals surface area contributed by atoms with Crippen molar-refractivity contribution < 1.29 is 24.5 Å². The first kappa shape index (κ1) is 11.3. The Hall–Kier alpha value is -1.20. The van der Waals surface area contributed by atoms with Crippen LogP contribution in [0.15, 0.2) is 12.3 Å². The summed E-state index contributed by atoms with van der Waals surface area (Å²) < 4.78 is 4.76. The molecular weight excluding hydrogens is 212 g/mol. The molecule has 0 aromatic rings. The zero-order chi connectivity index (χ0) is 12.1. The third-order valence-electron chi connectivity index (χ3n) is 3.73. The SMILES string of the molecule is C=C1OC(=O)[C@]2(C(C)CCC(=O)C2O)C1O. The molecule has 1 spiro atoms. The molecular formula is C11H14O5. The predicted octanol–water partition coefficient (Wildman–Crippen LogP) is -0.236. The lowest BCUT2D eigenvalue weighted by molar-refractivity contribution is -0.170. The van der Waals surface area contributed by atoms with E-state index in [9.17, 15) is 19.8 Å². The van der Waals surface area contributed by atoms with Gasteiger partial charge >= 0.3 is 5.97 Å². The van der Waals surface area contributed by atoms with E-state index in [1.165, 1.54) is 0 Å². The quantitative estimate of drug-likeness (QED) is 0.557. The van der Waals surface area contributed by atoms with E-state index < -0.39 is 29.4 Å². The van der Waals surface area contributed by atoms with E-state index in [0.29, 0.717) is 6.42 Å². The Morgan fingerprint density at radius 1 is 1.38 bits per heavy atom. The molecule has 2 fully saturated rings. The normalized spacial score (nSPS) is 43.9. The monoisotopic (exact) mass is 226 g/mol. The number of aliphatic hydroxyl groups excluding tert-OH is 2. The van der Waals surface area contributed by atoms with Gasteiger partial charge in [-0.1, -0.05) is 13.5 Å². The minimum atomic E-state index is -1.55. The maximum atomic E-state index is 11.8. The lowest BCUT2D eigenvalue weighted by Crippen LogP contribution is -2.57. The van der Waals surface area contributed by atoms with Crippen molar-refractivity contribution in [3.63, 3.8) is 0 Å². The van der Waals surface area contributed by atoms with Gasteiger partial charge in [-0.05, 0) is 12.3 Å². The summed E-state index contributed by atoms with van der Waals surface area (Å²) in [5, 5.41) is 19.8. The number of carbonyl (C=O) groups excluding carboxylic acids is 2. The van der Waals surface area contributed by atoms with Crippen LogP contribution in [0.1, 0.15) is 19.8 Å². The third kappa shape index (κ3) is 1.13. The third-order valence-corrected chi connectivity index (χ3v) is 3.73. The zero-order valence-electron chi connectivity index (χ0n) is 8.97. The van der Waals surface area contributed by atoms with Crippen LogP contribution in [0.5, 0.6) is 0 Å². The van der Waals surface area contributed by atoms with E-state index in [2.05, 4.69) is 6.58 Å². The molecule has 3 unspecified atom stereocenters. The number of hydrogen-bond acceptors (Lipinski definition) is 5. The number of rotatable bonds is 0. The summed E-state index contributed by atoms with van der Waals surface area (Å²) in [7, 11) is 0. The second-order valence-electron chi connectivity index (χ2n) is 4.50. The highest BCUT2D eigenvalue weighted by Crippen LogP contribution is 2.49. The first-order valence-corrected chi connectivity index (χ1v) is 5.22. The van der Waals surface area contributed by atoms with Crippen molar-refractivity contribution in [1.82, 2.24) is 0 Å². The van der Waals surface area contributed by atoms with Crippen LogP contribution in [0.25, 0.3) is 0 Å². The smallest absolute Gasteiger partial charge is 0.323 e. The molecule has 2 N–H and O–H groups in total. The first-order chi connectivity index (χ1) is 7.42. The van der Waals surface area contributed by atoms with Crippen LogP contribution in [0.4, 0.5) is 0 Å². The maximum Gasteiger partial charge on any atom is 0.323 e. The summed E-state index contributed by atoms with van der Waals surface area (Å²) in [5.41, 5.74) is -1.55. The van der Waals surface area contributed by atoms with Crippen LogP contribution in [0.2, 0.25) is 0 Å². The van der Waals surface area contributed by atoms with Crippen LogP contribution >= 0.6 is 0 Å². The Morgan fingerprint density at radius 2 is 2.00 bits per heavy atom. The van der Waals surface area contributed by atoms with E-state index in [1.54, 1.807) is 6.92 Å². The van der Waals surface area contributed by atoms with Crippen LogP contribution in [0, 0.1) is 11.3 Å². The summed E-state index contributed by atoms with van der Waals surface area (Å²) in [5.74, 6) is -1.59. The number of ether oxygens (including phenoxy) is 1. The average molecular weight is 226 g/mol. The lowest BCUT2D eigenvalue weighted by atomic mass is 9.62. The van der Waals surface area contributed by atoms with Crippen molar-refractivity contribution in [2.45, 2.75) is 32.0 Å². The van der Waals surface area contributed by atoms with E-state index in [4.69, 9.17) is 4.74 Å². The molecule has 1 aliphatic carbocycles. The van der Waals surface area contributed by atoms with Crippen molar-refractivity contribution in [2.24, 2.45) is 11.3 Å². The maximum absolute atomic E-state index is 11.8. The number of ketones is 1. The highest BCUT2D eigenvalue weighted by Gasteiger charge is 2.65. The van der Waals surface area contributed by atoms with Gasteiger partial charge < -0.3 is 14.9 Å². The molecule has 4 atom stereocenters. The van der Waals surface area contributed by atoms with E-state index in [1.807, 2.05) is 0 Å². The molecule has 0 aromatic heterocycles. The Kier molecular flexibility index (Phi) is 2.40. The molecule has 5 heteroatoms. The molecule has 1 saturated carbocycles. The number of carbonyl (C=O) groups is 2. The topological polar surface area (TPSA) is 83.8 Å². The Morgan fingerprint density at radius 3 is 2.50 bits per heavy atom. The molecule has 0 amide bonds. The fourth-order valence-corrected chi connectivity index (χ4v) is 2.64. The molecule has 16 heavy (non-hydrogen) atoms. The number of cyclic esters (lactones) is 1. The van der Waals surface area contributed by atoms with Gasteiger partial charge in [0.05, 0.1) is 0 Å². The van der Waals surface area contributed by atoms with Gasteiger partial charge in [0.25, 0.3) is 0 Å². The summed E-state index contributed by atoms with van der Waals surface area (Å²) in [6, 6.07) is 0. The van der Waals surface area contributed by atoms with Gasteiger partial charge in [-0.2, -0.15) is 0 Å². The first-order valence-electron chi connectivity index (χ1n) is 5.22. The van der Waals surface area contributed by atoms with Crippen LogP contribution in [-0.2, 0) is 14.3 Å². The summed E-state index contributed by atoms with van der Waals surface area (Å²) in [6.45, 7) is 5.13. The largest absolute Gasteiger partial charge is 0.428 e. The van der Waals surface area contributed by atoms with Gasteiger partial charge in [0.1, 0.15) is 23.4 Å². The van der Waals surface area contributed by atoms with E-state index in [0.717, 1.165) is 0 Å². The molecule has 88 valence electrons. The Bertz CT molecular complexity index is 375. The van der Waals surface area contributed by atoms with E-state index >= 15 is 0 Å². The molecule has 5 nitrogen and oxygen atoms in total. The molecule has 0 aromatic carbocycles. The Balaban J connectivity index is 2.51. The summed E-state index contributed by atoms with van der Waals surface area (Å²) >= 11 is 0. The lowest BCUT2D eigenvalue weighted by Gasteiger charge is -2.40. The molecule has 1 heterocycles. The van der Waals surface area contributed by atoms with Gasteiger partial charge in [0.2, 0.25) is 0 Å². The average Bonchev–Trinajstić information content (AvgIpc) is 2.45. The molecule has 0 bridgehead atoms. The second kappa shape index (κ2) is 3.40. The van der Waals surface area contributed by atoms with Gasteiger partial charge in [-0.3, -0.25) is 9.59 Å². The van der Waals surface area contributed by atoms with Gasteiger partial charge in [-0.25, -0.2) is 0 Å². The van der Waals surface area contributed by atoms with Crippen molar-refractivity contribution in [3.05, 3.63) is 12.3 Å². The van der Waals surface area contributed by atoms with Gasteiger partial charge in [0.15, 0.2) is 5.78 Å². The number of aliphatic hydroxyl groups is 2. The number of Topliss-reactive ketones (excluding diaryl/α,β-unsaturated/α-hetero) is 1. The predicted molar refractivity (Wildman–Crippen MR) is 53.1 cm³/mol. The van der Waals surface area contributed by atoms with Crippen molar-refractivity contribution in [1.29, 1.82) is 0 Å². The highest BCUT2D eigenvalue weighted by molar-refractivity contribution is 5.95. The van der Waals surface area contributed by atoms with E-state index in [-0.39, 0.29) is 18.1 Å². The van der Waals surface area contributed by atoms with Crippen LogP contribution in [-0.4, -0.2) is 34.2 Å². The minimum Gasteiger partial charge on any atom is -0.428 e. The van der Waals surface area contributed by atoms with Crippen LogP contribution < -0.4 is 0 Å². The summed E-state index contributed by atoms with van der Waals surface area (Å²) in [6.07, 6.45) is -2.14. The zero-order valence-corrected chi connectivity index (χ0v) is 8.97. The number of hydrogen-bond donors (Lipinski definition) is 2. The standard InChI is InChI=1S/C11H14O5/c1-5-3-4-7(12)9(14)11(5)8(13)6(2)16-10(11)15/h5,8-9,13-14H,2-4H2,1H3/t5?,8?,9?,11-/m1/s1. The Labute approximate surface area is 92.7 Å². The fraction of sp³-hybridized carbons (Fsp3) is 0.636. The van der Waals surface area contributed by atoms with Crippen molar-refractivity contribution in [3.8, 4) is 0 Å². The molecule has 0 radical (unpaired) electrons. The van der Waals surface area contributed by atoms with Gasteiger partial charge in [-0.15, -0.1) is 0 Å². The van der Waals surface area contributed by atoms with Crippen molar-refractivity contribution in [2.75, 3.05) is 0 Å². The van der Waals surface area contributed by atoms with Crippen LogP contribution in [0.3, 0.4) is 0 Å². The van der Waals surface area contributed by atoms with Crippen molar-refractivity contribution >= 4 is 11.8 Å². The fourth-order valence-electron chi connectivity index (χ4n) is 2.64. The molecule has 1 aliphatic heterocycles. The minimum absolute atomic E-state index is 0.0920. The highest BCUT2D eigenvalue weighted by atomic mass is 16.6.